The topological polar surface area (TPSA) is 41.4 Å². The Bertz CT molecular complexity index is 879. The van der Waals surface area contributed by atoms with Crippen LogP contribution in [0.15, 0.2) is 82.9 Å². The molecule has 0 aliphatic carbocycles. The van der Waals surface area contributed by atoms with E-state index in [4.69, 9.17) is 4.99 Å². The Morgan fingerprint density at radius 2 is 1.47 bits per heavy atom. The van der Waals surface area contributed by atoms with Crippen LogP contribution < -0.4 is 0 Å². The smallest absolute Gasteiger partial charge is 0.0544 e. The van der Waals surface area contributed by atoms with Gasteiger partial charge in [-0.1, -0.05) is 51.1 Å². The highest BCUT2D eigenvalue weighted by Crippen LogP contribution is 2.33. The number of pyridine rings is 2. The molecular formula is C25H30N4S. The number of rotatable bonds is 9. The summed E-state index contributed by atoms with van der Waals surface area (Å²) in [4.78, 5) is 17.3. The Morgan fingerprint density at radius 1 is 0.867 bits per heavy atom. The first kappa shape index (κ1) is 22.2. The zero-order valence-corrected chi connectivity index (χ0v) is 18.8. The molecule has 0 aliphatic heterocycles. The molecule has 0 amide bonds. The van der Waals surface area contributed by atoms with Crippen LogP contribution in [0.2, 0.25) is 0 Å². The Kier molecular flexibility index (Phi) is 8.17. The van der Waals surface area contributed by atoms with E-state index in [1.165, 1.54) is 10.5 Å². The molecule has 0 radical (unpaired) electrons. The average Bonchev–Trinajstić information content (AvgIpc) is 2.72. The zero-order valence-electron chi connectivity index (χ0n) is 18.0. The van der Waals surface area contributed by atoms with Crippen LogP contribution in [0.25, 0.3) is 0 Å². The lowest BCUT2D eigenvalue weighted by Crippen LogP contribution is -2.26. The lowest BCUT2D eigenvalue weighted by atomic mass is 10.2. The van der Waals surface area contributed by atoms with E-state index < -0.39 is 0 Å². The van der Waals surface area contributed by atoms with Crippen molar-refractivity contribution in [2.24, 2.45) is 4.99 Å². The van der Waals surface area contributed by atoms with Crippen LogP contribution in [0.4, 0.5) is 0 Å². The van der Waals surface area contributed by atoms with Crippen molar-refractivity contribution in [3.63, 3.8) is 0 Å². The molecule has 5 heteroatoms. The molecule has 0 spiro atoms. The van der Waals surface area contributed by atoms with Crippen molar-refractivity contribution in [1.29, 1.82) is 0 Å². The molecule has 0 aliphatic rings. The standard InChI is InChI=1S/C25H30N4S/c1-25(2,3)30-24-13-5-4-10-21(24)18-26-16-17-29(19-22-11-6-8-14-27-22)20-23-12-7-9-15-28-23/h4-15,18H,16-17,19-20H2,1-3H3. The van der Waals surface area contributed by atoms with Crippen LogP contribution >= 0.6 is 11.8 Å². The van der Waals surface area contributed by atoms with Crippen molar-refractivity contribution < 1.29 is 0 Å². The van der Waals surface area contributed by atoms with Crippen LogP contribution in [0.3, 0.4) is 0 Å². The number of aromatic nitrogens is 2. The number of benzene rings is 1. The maximum atomic E-state index is 4.73. The van der Waals surface area contributed by atoms with Crippen LogP contribution in [0.1, 0.15) is 37.7 Å². The minimum Gasteiger partial charge on any atom is -0.291 e. The van der Waals surface area contributed by atoms with Crippen LogP contribution in [0.5, 0.6) is 0 Å². The highest BCUT2D eigenvalue weighted by molar-refractivity contribution is 8.00. The SMILES string of the molecule is CC(C)(C)Sc1ccccc1C=NCCN(Cc1ccccn1)Cc1ccccn1. The first-order valence-electron chi connectivity index (χ1n) is 10.3. The van der Waals surface area contributed by atoms with Crippen LogP contribution in [-0.2, 0) is 13.1 Å². The third kappa shape index (κ3) is 7.73. The summed E-state index contributed by atoms with van der Waals surface area (Å²) in [7, 11) is 0. The van der Waals surface area contributed by atoms with Gasteiger partial charge in [0.1, 0.15) is 0 Å². The van der Waals surface area contributed by atoms with Gasteiger partial charge in [-0.3, -0.25) is 19.9 Å². The Hall–Kier alpha value is -2.50. The summed E-state index contributed by atoms with van der Waals surface area (Å²) < 4.78 is 0.173. The van der Waals surface area contributed by atoms with Gasteiger partial charge in [-0.05, 0) is 30.3 Å². The lowest BCUT2D eigenvalue weighted by molar-refractivity contribution is 0.258. The van der Waals surface area contributed by atoms with E-state index in [0.29, 0.717) is 0 Å². The molecule has 0 N–H and O–H groups in total. The molecule has 30 heavy (non-hydrogen) atoms. The van der Waals surface area contributed by atoms with Gasteiger partial charge < -0.3 is 0 Å². The summed E-state index contributed by atoms with van der Waals surface area (Å²) in [5, 5.41) is 0. The summed E-state index contributed by atoms with van der Waals surface area (Å²) in [6, 6.07) is 20.6. The lowest BCUT2D eigenvalue weighted by Gasteiger charge is -2.21. The molecular weight excluding hydrogens is 388 g/mol. The van der Waals surface area contributed by atoms with Gasteiger partial charge in [0, 0.05) is 53.4 Å². The third-order valence-electron chi connectivity index (χ3n) is 4.33. The molecule has 0 unspecified atom stereocenters. The van der Waals surface area contributed by atoms with Gasteiger partial charge in [0.15, 0.2) is 0 Å². The van der Waals surface area contributed by atoms with E-state index in [9.17, 15) is 0 Å². The summed E-state index contributed by atoms with van der Waals surface area (Å²) in [5.74, 6) is 0. The summed E-state index contributed by atoms with van der Waals surface area (Å²) in [6.07, 6.45) is 5.69. The van der Waals surface area contributed by atoms with Crippen molar-refractivity contribution in [2.45, 2.75) is 43.5 Å². The maximum absolute atomic E-state index is 4.73. The Balaban J connectivity index is 1.64. The predicted molar refractivity (Wildman–Crippen MR) is 127 cm³/mol. The normalized spacial score (nSPS) is 12.0. The number of nitrogens with zero attached hydrogens (tertiary/aromatic N) is 4. The second-order valence-corrected chi connectivity index (χ2v) is 10.0. The van der Waals surface area contributed by atoms with E-state index in [1.807, 2.05) is 54.6 Å². The van der Waals surface area contributed by atoms with E-state index >= 15 is 0 Å². The largest absolute Gasteiger partial charge is 0.291 e. The molecule has 2 aromatic heterocycles. The predicted octanol–water partition coefficient (Wildman–Crippen LogP) is 5.49. The van der Waals surface area contributed by atoms with E-state index in [0.717, 1.165) is 37.6 Å². The van der Waals surface area contributed by atoms with Crippen LogP contribution in [-0.4, -0.2) is 38.9 Å². The molecule has 0 atom stereocenters. The van der Waals surface area contributed by atoms with Gasteiger partial charge in [-0.15, -0.1) is 11.8 Å². The molecule has 1 aromatic carbocycles. The first-order valence-corrected chi connectivity index (χ1v) is 11.1. The van der Waals surface area contributed by atoms with Gasteiger partial charge >= 0.3 is 0 Å². The highest BCUT2D eigenvalue weighted by atomic mass is 32.2. The van der Waals surface area contributed by atoms with Crippen molar-refractivity contribution in [2.75, 3.05) is 13.1 Å². The monoisotopic (exact) mass is 418 g/mol. The first-order chi connectivity index (χ1) is 14.5. The summed E-state index contributed by atoms with van der Waals surface area (Å²) >= 11 is 1.88. The Morgan fingerprint density at radius 3 is 2.03 bits per heavy atom. The number of aliphatic imine (C=N–C) groups is 1. The summed E-state index contributed by atoms with van der Waals surface area (Å²) in [5.41, 5.74) is 3.30. The molecule has 4 nitrogen and oxygen atoms in total. The third-order valence-corrected chi connectivity index (χ3v) is 5.54. The van der Waals surface area contributed by atoms with Crippen molar-refractivity contribution >= 4 is 18.0 Å². The van der Waals surface area contributed by atoms with E-state index in [2.05, 4.69) is 72.0 Å². The number of thioether (sulfide) groups is 1. The Labute approximate surface area is 184 Å². The molecule has 0 fully saturated rings. The molecule has 0 saturated heterocycles. The van der Waals surface area contributed by atoms with E-state index in [-0.39, 0.29) is 4.75 Å². The minimum atomic E-state index is 0.173. The molecule has 2 heterocycles. The molecule has 0 saturated carbocycles. The fraction of sp³-hybridized carbons (Fsp3) is 0.320. The summed E-state index contributed by atoms with van der Waals surface area (Å²) in [6.45, 7) is 9.84. The fourth-order valence-electron chi connectivity index (χ4n) is 3.03. The van der Waals surface area contributed by atoms with Crippen molar-refractivity contribution in [3.8, 4) is 0 Å². The molecule has 3 rings (SSSR count). The number of hydrogen-bond donors (Lipinski definition) is 0. The quantitative estimate of drug-likeness (QED) is 0.340. The molecule has 0 bridgehead atoms. The van der Waals surface area contributed by atoms with Crippen molar-refractivity contribution in [3.05, 3.63) is 90.0 Å². The fourth-order valence-corrected chi connectivity index (χ4v) is 4.07. The van der Waals surface area contributed by atoms with Gasteiger partial charge in [0.25, 0.3) is 0 Å². The second kappa shape index (κ2) is 11.0. The molecule has 156 valence electrons. The van der Waals surface area contributed by atoms with Crippen molar-refractivity contribution in [1.82, 2.24) is 14.9 Å². The maximum Gasteiger partial charge on any atom is 0.0544 e. The second-order valence-electron chi connectivity index (χ2n) is 8.14. The average molecular weight is 419 g/mol. The highest BCUT2D eigenvalue weighted by Gasteiger charge is 2.14. The van der Waals surface area contributed by atoms with Gasteiger partial charge in [-0.25, -0.2) is 0 Å². The van der Waals surface area contributed by atoms with E-state index in [1.54, 1.807) is 0 Å². The van der Waals surface area contributed by atoms with Gasteiger partial charge in [0.2, 0.25) is 0 Å². The van der Waals surface area contributed by atoms with Crippen LogP contribution in [0, 0.1) is 0 Å². The zero-order chi connectivity index (χ0) is 21.2. The van der Waals surface area contributed by atoms with Gasteiger partial charge in [-0.2, -0.15) is 0 Å². The van der Waals surface area contributed by atoms with Gasteiger partial charge in [0.05, 0.1) is 17.9 Å². The number of hydrogen-bond acceptors (Lipinski definition) is 5. The molecule has 3 aromatic rings. The minimum absolute atomic E-state index is 0.173.